The van der Waals surface area contributed by atoms with E-state index in [9.17, 15) is 0 Å². The van der Waals surface area contributed by atoms with Crippen LogP contribution in [0.2, 0.25) is 0 Å². The van der Waals surface area contributed by atoms with Crippen molar-refractivity contribution in [2.45, 2.75) is 37.5 Å². The van der Waals surface area contributed by atoms with Gasteiger partial charge in [0.05, 0.1) is 6.61 Å². The monoisotopic (exact) mass is 217 g/mol. The molecule has 2 heteroatoms. The lowest BCUT2D eigenvalue weighted by Crippen LogP contribution is -2.36. The van der Waals surface area contributed by atoms with Gasteiger partial charge in [0.15, 0.2) is 0 Å². The molecule has 1 saturated carbocycles. The van der Waals surface area contributed by atoms with Gasteiger partial charge in [-0.15, -0.1) is 0 Å². The maximum atomic E-state index is 5.82. The number of nitrogens with two attached hydrogens (primary N) is 1. The average molecular weight is 217 g/mol. The van der Waals surface area contributed by atoms with Crippen molar-refractivity contribution in [3.63, 3.8) is 0 Å². The average Bonchev–Trinajstić information content (AvgIpc) is 2.71. The highest BCUT2D eigenvalue weighted by molar-refractivity contribution is 5.48. The Morgan fingerprint density at radius 3 is 2.88 bits per heavy atom. The molecule has 0 amide bonds. The van der Waals surface area contributed by atoms with Crippen LogP contribution in [-0.2, 0) is 11.8 Å². The van der Waals surface area contributed by atoms with Crippen molar-refractivity contribution in [2.24, 2.45) is 5.73 Å². The summed E-state index contributed by atoms with van der Waals surface area (Å²) in [5.41, 5.74) is 8.92. The molecule has 16 heavy (non-hydrogen) atoms. The van der Waals surface area contributed by atoms with Gasteiger partial charge in [0.2, 0.25) is 0 Å². The molecule has 0 spiro atoms. The molecule has 1 fully saturated rings. The number of hydrogen-bond acceptors (Lipinski definition) is 2. The van der Waals surface area contributed by atoms with Crippen LogP contribution in [0.15, 0.2) is 18.2 Å². The molecule has 2 N–H and O–H groups in total. The molecule has 1 aliphatic heterocycles. The summed E-state index contributed by atoms with van der Waals surface area (Å²) in [6, 6.07) is 6.62. The fourth-order valence-corrected chi connectivity index (χ4v) is 3.17. The van der Waals surface area contributed by atoms with Crippen LogP contribution in [0, 0.1) is 0 Å². The summed E-state index contributed by atoms with van der Waals surface area (Å²) < 4.78 is 5.82. The highest BCUT2D eigenvalue weighted by Gasteiger charge is 2.40. The smallest absolute Gasteiger partial charge is 0.126 e. The third kappa shape index (κ3) is 1.36. The Labute approximate surface area is 96.8 Å². The molecule has 1 aromatic rings. The van der Waals surface area contributed by atoms with E-state index in [0.29, 0.717) is 5.41 Å². The van der Waals surface area contributed by atoms with Gasteiger partial charge in [0.25, 0.3) is 0 Å². The molecule has 0 atom stereocenters. The molecular formula is C14H19NO. The highest BCUT2D eigenvalue weighted by Crippen LogP contribution is 2.50. The first-order valence-electron chi connectivity index (χ1n) is 6.31. The third-order valence-corrected chi connectivity index (χ3v) is 4.22. The van der Waals surface area contributed by atoms with Gasteiger partial charge < -0.3 is 10.5 Å². The number of para-hydroxylation sites is 1. The van der Waals surface area contributed by atoms with Gasteiger partial charge in [0.1, 0.15) is 5.75 Å². The molecule has 0 aromatic heterocycles. The second-order valence-electron chi connectivity index (χ2n) is 5.06. The summed E-state index contributed by atoms with van der Waals surface area (Å²) in [5, 5.41) is 0. The van der Waals surface area contributed by atoms with E-state index in [1.54, 1.807) is 0 Å². The molecule has 3 rings (SSSR count). The number of hydrogen-bond donors (Lipinski definition) is 1. The Bertz CT molecular complexity index is 396. The summed E-state index contributed by atoms with van der Waals surface area (Å²) in [6.07, 6.45) is 6.08. The van der Waals surface area contributed by atoms with E-state index < -0.39 is 0 Å². The Hall–Kier alpha value is -1.02. The lowest BCUT2D eigenvalue weighted by atomic mass is 9.62. The minimum Gasteiger partial charge on any atom is -0.493 e. The summed E-state index contributed by atoms with van der Waals surface area (Å²) in [6.45, 7) is 1.63. The van der Waals surface area contributed by atoms with Crippen LogP contribution < -0.4 is 10.5 Å². The fourth-order valence-electron chi connectivity index (χ4n) is 3.17. The second kappa shape index (κ2) is 3.77. The Morgan fingerprint density at radius 2 is 2.19 bits per heavy atom. The molecule has 0 radical (unpaired) electrons. The van der Waals surface area contributed by atoms with E-state index in [4.69, 9.17) is 10.5 Å². The van der Waals surface area contributed by atoms with Gasteiger partial charge in [-0.25, -0.2) is 0 Å². The summed E-state index contributed by atoms with van der Waals surface area (Å²) >= 11 is 0. The molecule has 2 nitrogen and oxygen atoms in total. The number of benzene rings is 1. The number of fused-ring (bicyclic) bond motifs is 1. The normalized spacial score (nSPS) is 21.1. The maximum Gasteiger partial charge on any atom is 0.126 e. The molecule has 0 saturated heterocycles. The van der Waals surface area contributed by atoms with Crippen LogP contribution >= 0.6 is 0 Å². The molecule has 1 aromatic carbocycles. The SMILES string of the molecule is NCCC1(c2cccc3c2OCC3)CCC1. The van der Waals surface area contributed by atoms with Crippen molar-refractivity contribution < 1.29 is 4.74 Å². The first-order valence-corrected chi connectivity index (χ1v) is 6.31. The quantitative estimate of drug-likeness (QED) is 0.843. The summed E-state index contributed by atoms with van der Waals surface area (Å²) in [4.78, 5) is 0. The van der Waals surface area contributed by atoms with Gasteiger partial charge in [-0.2, -0.15) is 0 Å². The molecule has 1 heterocycles. The minimum absolute atomic E-state index is 0.338. The molecule has 2 aliphatic rings. The van der Waals surface area contributed by atoms with Crippen molar-refractivity contribution in [1.82, 2.24) is 0 Å². The van der Waals surface area contributed by atoms with Crippen molar-refractivity contribution in [2.75, 3.05) is 13.2 Å². The van der Waals surface area contributed by atoms with Crippen LogP contribution in [0.25, 0.3) is 0 Å². The Morgan fingerprint density at radius 1 is 1.31 bits per heavy atom. The first kappa shape index (κ1) is 10.2. The van der Waals surface area contributed by atoms with Crippen LogP contribution in [0.4, 0.5) is 0 Å². The van der Waals surface area contributed by atoms with Crippen LogP contribution in [-0.4, -0.2) is 13.2 Å². The lowest BCUT2D eigenvalue weighted by molar-refractivity contribution is 0.220. The number of ether oxygens (including phenoxy) is 1. The van der Waals surface area contributed by atoms with Crippen LogP contribution in [0.5, 0.6) is 5.75 Å². The van der Waals surface area contributed by atoms with E-state index in [0.717, 1.165) is 26.0 Å². The largest absolute Gasteiger partial charge is 0.493 e. The predicted molar refractivity (Wildman–Crippen MR) is 64.8 cm³/mol. The van der Waals surface area contributed by atoms with Crippen molar-refractivity contribution in [3.8, 4) is 5.75 Å². The maximum absolute atomic E-state index is 5.82. The first-order chi connectivity index (χ1) is 7.86. The van der Waals surface area contributed by atoms with Crippen LogP contribution in [0.3, 0.4) is 0 Å². The van der Waals surface area contributed by atoms with Crippen molar-refractivity contribution in [1.29, 1.82) is 0 Å². The zero-order chi connectivity index (χ0) is 11.0. The molecule has 0 unspecified atom stereocenters. The summed E-state index contributed by atoms with van der Waals surface area (Å²) in [5.74, 6) is 1.18. The fraction of sp³-hybridized carbons (Fsp3) is 0.571. The van der Waals surface area contributed by atoms with Crippen LogP contribution in [0.1, 0.15) is 36.8 Å². The van der Waals surface area contributed by atoms with Gasteiger partial charge in [-0.3, -0.25) is 0 Å². The van der Waals surface area contributed by atoms with Gasteiger partial charge >= 0.3 is 0 Å². The molecule has 1 aliphatic carbocycles. The van der Waals surface area contributed by atoms with E-state index >= 15 is 0 Å². The zero-order valence-corrected chi connectivity index (χ0v) is 9.67. The molecular weight excluding hydrogens is 198 g/mol. The van der Waals surface area contributed by atoms with E-state index in [2.05, 4.69) is 18.2 Å². The van der Waals surface area contributed by atoms with Gasteiger partial charge in [-0.1, -0.05) is 24.6 Å². The molecule has 86 valence electrons. The summed E-state index contributed by atoms with van der Waals surface area (Å²) in [7, 11) is 0. The Kier molecular flexibility index (Phi) is 2.40. The van der Waals surface area contributed by atoms with E-state index in [1.165, 1.54) is 36.1 Å². The standard InChI is InChI=1S/C14H19NO/c15-9-8-14(6-2-7-14)12-4-1-3-11-5-10-16-13(11)12/h1,3-4H,2,5-10,15H2. The van der Waals surface area contributed by atoms with Gasteiger partial charge in [-0.05, 0) is 31.4 Å². The van der Waals surface area contributed by atoms with Crippen molar-refractivity contribution in [3.05, 3.63) is 29.3 Å². The lowest BCUT2D eigenvalue weighted by Gasteiger charge is -2.43. The third-order valence-electron chi connectivity index (χ3n) is 4.22. The second-order valence-corrected chi connectivity index (χ2v) is 5.06. The predicted octanol–water partition coefficient (Wildman–Crippen LogP) is 2.39. The minimum atomic E-state index is 0.338. The number of rotatable bonds is 3. The molecule has 0 bridgehead atoms. The zero-order valence-electron chi connectivity index (χ0n) is 9.67. The van der Waals surface area contributed by atoms with E-state index in [-0.39, 0.29) is 0 Å². The van der Waals surface area contributed by atoms with Crippen molar-refractivity contribution >= 4 is 0 Å². The topological polar surface area (TPSA) is 35.2 Å². The van der Waals surface area contributed by atoms with E-state index in [1.807, 2.05) is 0 Å². The highest BCUT2D eigenvalue weighted by atomic mass is 16.5. The van der Waals surface area contributed by atoms with Gasteiger partial charge in [0, 0.05) is 17.4 Å². The Balaban J connectivity index is 2.02.